The highest BCUT2D eigenvalue weighted by atomic mass is 16.2. The van der Waals surface area contributed by atoms with E-state index in [1.165, 1.54) is 4.90 Å². The van der Waals surface area contributed by atoms with E-state index in [1.807, 2.05) is 26.0 Å². The molecular formula is C12H19N3O. The number of likely N-dealkylation sites (N-methyl/N-ethyl adjacent to an activating group) is 1. The molecule has 1 aromatic rings. The van der Waals surface area contributed by atoms with Crippen LogP contribution in [0.2, 0.25) is 0 Å². The molecule has 0 aliphatic rings. The van der Waals surface area contributed by atoms with Crippen molar-refractivity contribution >= 4 is 11.7 Å². The highest BCUT2D eigenvalue weighted by Gasteiger charge is 2.23. The summed E-state index contributed by atoms with van der Waals surface area (Å²) in [5.74, 6) is 0.720. The number of hydrogen-bond acceptors (Lipinski definition) is 3. The Morgan fingerprint density at radius 2 is 2.25 bits per heavy atom. The minimum absolute atomic E-state index is 0.0898. The summed E-state index contributed by atoms with van der Waals surface area (Å²) in [6.07, 6.45) is 2.55. The molecule has 1 rings (SSSR count). The van der Waals surface area contributed by atoms with Gasteiger partial charge in [0.1, 0.15) is 5.82 Å². The molecule has 16 heavy (non-hydrogen) atoms. The zero-order valence-corrected chi connectivity index (χ0v) is 10.1. The van der Waals surface area contributed by atoms with E-state index in [0.29, 0.717) is 5.82 Å². The maximum atomic E-state index is 12.0. The molecule has 0 saturated heterocycles. The minimum Gasteiger partial charge on any atom is -0.320 e. The Labute approximate surface area is 96.5 Å². The van der Waals surface area contributed by atoms with Crippen LogP contribution >= 0.6 is 0 Å². The average Bonchev–Trinajstić information content (AvgIpc) is 2.36. The van der Waals surface area contributed by atoms with Crippen LogP contribution in [0.25, 0.3) is 0 Å². The Hall–Kier alpha value is -1.42. The van der Waals surface area contributed by atoms with Crippen LogP contribution in [0.3, 0.4) is 0 Å². The van der Waals surface area contributed by atoms with Crippen LogP contribution in [0.1, 0.15) is 20.3 Å². The van der Waals surface area contributed by atoms with Gasteiger partial charge in [-0.1, -0.05) is 26.3 Å². The summed E-state index contributed by atoms with van der Waals surface area (Å²) in [6, 6.07) is 5.00. The van der Waals surface area contributed by atoms with Crippen molar-refractivity contribution in [2.24, 2.45) is 11.7 Å². The number of carbonyl (C=O) groups is 1. The second-order valence-corrected chi connectivity index (χ2v) is 4.00. The summed E-state index contributed by atoms with van der Waals surface area (Å²) < 4.78 is 0. The van der Waals surface area contributed by atoms with Crippen LogP contribution < -0.4 is 10.6 Å². The van der Waals surface area contributed by atoms with Crippen molar-refractivity contribution in [3.05, 3.63) is 24.4 Å². The van der Waals surface area contributed by atoms with Gasteiger partial charge in [0.2, 0.25) is 5.91 Å². The number of carbonyl (C=O) groups excluding carboxylic acids is 1. The molecule has 0 aromatic carbocycles. The van der Waals surface area contributed by atoms with Crippen molar-refractivity contribution < 1.29 is 4.79 Å². The lowest BCUT2D eigenvalue weighted by Gasteiger charge is -2.23. The van der Waals surface area contributed by atoms with Crippen LogP contribution in [0.15, 0.2) is 24.4 Å². The predicted molar refractivity (Wildman–Crippen MR) is 65.1 cm³/mol. The zero-order valence-electron chi connectivity index (χ0n) is 10.1. The largest absolute Gasteiger partial charge is 0.320 e. The maximum Gasteiger partial charge on any atom is 0.245 e. The molecular weight excluding hydrogens is 202 g/mol. The Balaban J connectivity index is 2.75. The van der Waals surface area contributed by atoms with Crippen molar-refractivity contribution in [2.45, 2.75) is 26.3 Å². The Bertz CT molecular complexity index is 339. The van der Waals surface area contributed by atoms with Gasteiger partial charge in [0.15, 0.2) is 0 Å². The molecule has 2 unspecified atom stereocenters. The molecule has 88 valence electrons. The van der Waals surface area contributed by atoms with E-state index in [9.17, 15) is 4.79 Å². The van der Waals surface area contributed by atoms with Gasteiger partial charge in [-0.05, 0) is 18.1 Å². The summed E-state index contributed by atoms with van der Waals surface area (Å²) in [5, 5.41) is 0. The lowest BCUT2D eigenvalue weighted by atomic mass is 9.99. The van der Waals surface area contributed by atoms with Gasteiger partial charge in [-0.15, -0.1) is 0 Å². The molecule has 4 heteroatoms. The number of nitrogens with zero attached hydrogens (tertiary/aromatic N) is 2. The molecule has 4 nitrogen and oxygen atoms in total. The van der Waals surface area contributed by atoms with Crippen LogP contribution in [0, 0.1) is 5.92 Å². The summed E-state index contributed by atoms with van der Waals surface area (Å²) in [6.45, 7) is 4.01. The van der Waals surface area contributed by atoms with Crippen molar-refractivity contribution in [1.82, 2.24) is 4.98 Å². The Morgan fingerprint density at radius 3 is 2.75 bits per heavy atom. The molecule has 2 atom stereocenters. The van der Waals surface area contributed by atoms with E-state index in [4.69, 9.17) is 5.73 Å². The molecule has 0 radical (unpaired) electrons. The third kappa shape index (κ3) is 2.79. The maximum absolute atomic E-state index is 12.0. The van der Waals surface area contributed by atoms with Gasteiger partial charge in [0, 0.05) is 13.2 Å². The van der Waals surface area contributed by atoms with Crippen molar-refractivity contribution in [1.29, 1.82) is 0 Å². The summed E-state index contributed by atoms with van der Waals surface area (Å²) in [5.41, 5.74) is 5.89. The quantitative estimate of drug-likeness (QED) is 0.836. The first-order chi connectivity index (χ1) is 7.57. The fraction of sp³-hybridized carbons (Fsp3) is 0.500. The van der Waals surface area contributed by atoms with Gasteiger partial charge < -0.3 is 5.73 Å². The van der Waals surface area contributed by atoms with E-state index >= 15 is 0 Å². The van der Waals surface area contributed by atoms with E-state index in [0.717, 1.165) is 6.42 Å². The van der Waals surface area contributed by atoms with Gasteiger partial charge in [0.25, 0.3) is 0 Å². The normalized spacial score (nSPS) is 14.2. The second kappa shape index (κ2) is 5.61. The molecule has 0 aliphatic carbocycles. The third-order valence-electron chi connectivity index (χ3n) is 2.87. The number of amides is 1. The number of hydrogen-bond donors (Lipinski definition) is 1. The van der Waals surface area contributed by atoms with Gasteiger partial charge >= 0.3 is 0 Å². The first-order valence-electron chi connectivity index (χ1n) is 5.52. The summed E-state index contributed by atoms with van der Waals surface area (Å²) >= 11 is 0. The first kappa shape index (κ1) is 12.6. The lowest BCUT2D eigenvalue weighted by molar-refractivity contribution is -0.120. The number of pyridine rings is 1. The van der Waals surface area contributed by atoms with E-state index in [1.54, 1.807) is 19.3 Å². The van der Waals surface area contributed by atoms with Gasteiger partial charge in [-0.3, -0.25) is 9.69 Å². The smallest absolute Gasteiger partial charge is 0.245 e. The summed E-state index contributed by atoms with van der Waals surface area (Å²) in [4.78, 5) is 17.6. The number of anilines is 1. The lowest BCUT2D eigenvalue weighted by Crippen LogP contribution is -2.45. The van der Waals surface area contributed by atoms with E-state index in [-0.39, 0.29) is 11.8 Å². The van der Waals surface area contributed by atoms with Crippen LogP contribution in [-0.4, -0.2) is 24.0 Å². The van der Waals surface area contributed by atoms with Gasteiger partial charge in [-0.2, -0.15) is 0 Å². The predicted octanol–water partition coefficient (Wildman–Crippen LogP) is 1.42. The molecule has 1 amide bonds. The topological polar surface area (TPSA) is 59.2 Å². The van der Waals surface area contributed by atoms with Gasteiger partial charge in [0.05, 0.1) is 6.04 Å². The van der Waals surface area contributed by atoms with Gasteiger partial charge in [-0.25, -0.2) is 4.98 Å². The Morgan fingerprint density at radius 1 is 1.56 bits per heavy atom. The molecule has 0 spiro atoms. The molecule has 2 N–H and O–H groups in total. The third-order valence-corrected chi connectivity index (χ3v) is 2.87. The van der Waals surface area contributed by atoms with Crippen molar-refractivity contribution in [3.8, 4) is 0 Å². The van der Waals surface area contributed by atoms with Crippen LogP contribution in [0.4, 0.5) is 5.82 Å². The van der Waals surface area contributed by atoms with Crippen LogP contribution in [0.5, 0.6) is 0 Å². The second-order valence-electron chi connectivity index (χ2n) is 4.00. The van der Waals surface area contributed by atoms with E-state index in [2.05, 4.69) is 4.98 Å². The van der Waals surface area contributed by atoms with Crippen LogP contribution in [-0.2, 0) is 4.79 Å². The summed E-state index contributed by atoms with van der Waals surface area (Å²) in [7, 11) is 1.70. The molecule has 0 bridgehead atoms. The van der Waals surface area contributed by atoms with E-state index < -0.39 is 6.04 Å². The Kier molecular flexibility index (Phi) is 4.43. The molecule has 0 fully saturated rings. The minimum atomic E-state index is -0.461. The molecule has 1 heterocycles. The SMILES string of the molecule is CCC(C)C(N)C(=O)N(C)c1ccccn1. The van der Waals surface area contributed by atoms with Crippen molar-refractivity contribution in [2.75, 3.05) is 11.9 Å². The molecule has 0 saturated carbocycles. The standard InChI is InChI=1S/C12H19N3O/c1-4-9(2)11(13)12(16)15(3)10-7-5-6-8-14-10/h5-9,11H,4,13H2,1-3H3. The zero-order chi connectivity index (χ0) is 12.1. The highest BCUT2D eigenvalue weighted by Crippen LogP contribution is 2.12. The molecule has 1 aromatic heterocycles. The first-order valence-corrected chi connectivity index (χ1v) is 5.52. The molecule has 0 aliphatic heterocycles. The number of rotatable bonds is 4. The fourth-order valence-corrected chi connectivity index (χ4v) is 1.39. The highest BCUT2D eigenvalue weighted by molar-refractivity contribution is 5.95. The number of aromatic nitrogens is 1. The monoisotopic (exact) mass is 221 g/mol. The number of nitrogens with two attached hydrogens (primary N) is 1. The average molecular weight is 221 g/mol. The fourth-order valence-electron chi connectivity index (χ4n) is 1.39. The van der Waals surface area contributed by atoms with Crippen molar-refractivity contribution in [3.63, 3.8) is 0 Å².